The van der Waals surface area contributed by atoms with Crippen molar-refractivity contribution in [1.29, 1.82) is 0 Å². The normalized spacial score (nSPS) is 11.7. The molecule has 0 fully saturated rings. The van der Waals surface area contributed by atoms with Crippen molar-refractivity contribution in [3.63, 3.8) is 0 Å². The molecule has 2 N–H and O–H groups in total. The molecule has 0 saturated carbocycles. The summed E-state index contributed by atoms with van der Waals surface area (Å²) in [4.78, 5) is 33.0. The summed E-state index contributed by atoms with van der Waals surface area (Å²) in [6, 6.07) is 12.2. The molecule has 2 aromatic carbocycles. The standard InChI is InChI=1S/C23H22N4O5/c1-3-30-22(29)16-5-7-17(8-6-16)27-21(28)18-12-25-23(26-14(18)2)24-11-15-4-9-19-20(10-15)32-13-31-19/h4-10,12H,3,11,13H2,1-2H3,(H,27,28)(H,24,25,26). The Kier molecular flexibility index (Phi) is 6.16. The van der Waals surface area contributed by atoms with Crippen molar-refractivity contribution >= 4 is 23.5 Å². The molecule has 32 heavy (non-hydrogen) atoms. The third-order valence-corrected chi connectivity index (χ3v) is 4.77. The molecule has 9 nitrogen and oxygen atoms in total. The maximum absolute atomic E-state index is 12.6. The van der Waals surface area contributed by atoms with Crippen molar-refractivity contribution < 1.29 is 23.8 Å². The Morgan fingerprint density at radius 1 is 1.09 bits per heavy atom. The van der Waals surface area contributed by atoms with Crippen LogP contribution in [0.5, 0.6) is 11.5 Å². The number of carbonyl (C=O) groups excluding carboxylic acids is 2. The minimum atomic E-state index is -0.404. The van der Waals surface area contributed by atoms with Crippen LogP contribution in [0.4, 0.5) is 11.6 Å². The largest absolute Gasteiger partial charge is 0.462 e. The SMILES string of the molecule is CCOC(=O)c1ccc(NC(=O)c2cnc(NCc3ccc4c(c3)OCO4)nc2C)cc1. The summed E-state index contributed by atoms with van der Waals surface area (Å²) in [5, 5.41) is 5.92. The second-order valence-electron chi connectivity index (χ2n) is 6.99. The molecule has 1 aliphatic heterocycles. The van der Waals surface area contributed by atoms with Crippen molar-refractivity contribution in [3.05, 3.63) is 71.0 Å². The molecule has 0 unspecified atom stereocenters. The molecule has 0 bridgehead atoms. The molecule has 1 aromatic heterocycles. The number of aryl methyl sites for hydroxylation is 1. The van der Waals surface area contributed by atoms with E-state index in [9.17, 15) is 9.59 Å². The highest BCUT2D eigenvalue weighted by Gasteiger charge is 2.15. The highest BCUT2D eigenvalue weighted by molar-refractivity contribution is 6.05. The maximum atomic E-state index is 12.6. The van der Waals surface area contributed by atoms with Gasteiger partial charge in [0.1, 0.15) is 0 Å². The van der Waals surface area contributed by atoms with Gasteiger partial charge in [0, 0.05) is 18.4 Å². The minimum absolute atomic E-state index is 0.230. The van der Waals surface area contributed by atoms with Crippen LogP contribution in [0.3, 0.4) is 0 Å². The van der Waals surface area contributed by atoms with E-state index in [4.69, 9.17) is 14.2 Å². The fraction of sp³-hybridized carbons (Fsp3) is 0.217. The second kappa shape index (κ2) is 9.34. The number of rotatable bonds is 7. The third-order valence-electron chi connectivity index (χ3n) is 4.77. The van der Waals surface area contributed by atoms with Gasteiger partial charge in [0.25, 0.3) is 5.91 Å². The molecule has 1 aliphatic rings. The lowest BCUT2D eigenvalue weighted by Crippen LogP contribution is -2.16. The van der Waals surface area contributed by atoms with E-state index >= 15 is 0 Å². The Morgan fingerprint density at radius 3 is 2.62 bits per heavy atom. The van der Waals surface area contributed by atoms with E-state index < -0.39 is 5.97 Å². The van der Waals surface area contributed by atoms with Gasteiger partial charge in [-0.05, 0) is 55.8 Å². The van der Waals surface area contributed by atoms with Gasteiger partial charge < -0.3 is 24.8 Å². The van der Waals surface area contributed by atoms with Gasteiger partial charge in [-0.3, -0.25) is 4.79 Å². The lowest BCUT2D eigenvalue weighted by Gasteiger charge is -2.10. The number of ether oxygens (including phenoxy) is 3. The molecule has 0 spiro atoms. The number of nitrogens with zero attached hydrogens (tertiary/aromatic N) is 2. The molecule has 2 heterocycles. The number of anilines is 2. The van der Waals surface area contributed by atoms with E-state index in [0.717, 1.165) is 11.3 Å². The van der Waals surface area contributed by atoms with Crippen molar-refractivity contribution in [2.45, 2.75) is 20.4 Å². The minimum Gasteiger partial charge on any atom is -0.462 e. The molecule has 9 heteroatoms. The summed E-state index contributed by atoms with van der Waals surface area (Å²) in [6.45, 7) is 4.52. The lowest BCUT2D eigenvalue weighted by molar-refractivity contribution is 0.0526. The summed E-state index contributed by atoms with van der Waals surface area (Å²) in [7, 11) is 0. The predicted octanol–water partition coefficient (Wildman–Crippen LogP) is 3.55. The second-order valence-corrected chi connectivity index (χ2v) is 6.99. The zero-order valence-electron chi connectivity index (χ0n) is 17.7. The number of aromatic nitrogens is 2. The smallest absolute Gasteiger partial charge is 0.338 e. The van der Waals surface area contributed by atoms with Gasteiger partial charge in [-0.15, -0.1) is 0 Å². The molecule has 0 atom stereocenters. The first-order valence-electron chi connectivity index (χ1n) is 10.1. The molecular formula is C23H22N4O5. The van der Waals surface area contributed by atoms with Gasteiger partial charge in [-0.25, -0.2) is 14.8 Å². The van der Waals surface area contributed by atoms with Crippen LogP contribution in [0.1, 0.15) is 38.9 Å². The average Bonchev–Trinajstić information content (AvgIpc) is 3.26. The monoisotopic (exact) mass is 434 g/mol. The number of carbonyl (C=O) groups is 2. The summed E-state index contributed by atoms with van der Waals surface area (Å²) in [5.74, 6) is 1.11. The van der Waals surface area contributed by atoms with Crippen molar-refractivity contribution in [1.82, 2.24) is 9.97 Å². The van der Waals surface area contributed by atoms with E-state index in [0.29, 0.717) is 47.4 Å². The van der Waals surface area contributed by atoms with Crippen LogP contribution in [0, 0.1) is 6.92 Å². The van der Waals surface area contributed by atoms with Gasteiger partial charge in [0.05, 0.1) is 23.4 Å². The Labute approximate surface area is 184 Å². The number of esters is 1. The van der Waals surface area contributed by atoms with Gasteiger partial charge >= 0.3 is 5.97 Å². The van der Waals surface area contributed by atoms with E-state index in [2.05, 4.69) is 20.6 Å². The molecule has 4 rings (SSSR count). The maximum Gasteiger partial charge on any atom is 0.338 e. The molecule has 0 saturated heterocycles. The van der Waals surface area contributed by atoms with Gasteiger partial charge in [-0.1, -0.05) is 6.07 Å². The number of hydrogen-bond acceptors (Lipinski definition) is 8. The zero-order valence-corrected chi connectivity index (χ0v) is 17.7. The Balaban J connectivity index is 1.37. The van der Waals surface area contributed by atoms with Gasteiger partial charge in [0.15, 0.2) is 11.5 Å². The summed E-state index contributed by atoms with van der Waals surface area (Å²) >= 11 is 0. The Bertz CT molecular complexity index is 1150. The van der Waals surface area contributed by atoms with Crippen LogP contribution in [-0.4, -0.2) is 35.2 Å². The number of nitrogens with one attached hydrogen (secondary N) is 2. The van der Waals surface area contributed by atoms with Crippen molar-refractivity contribution in [3.8, 4) is 11.5 Å². The van der Waals surface area contributed by atoms with Crippen LogP contribution in [-0.2, 0) is 11.3 Å². The average molecular weight is 434 g/mol. The van der Waals surface area contributed by atoms with Crippen LogP contribution in [0.25, 0.3) is 0 Å². The van der Waals surface area contributed by atoms with E-state index in [-0.39, 0.29) is 12.7 Å². The number of benzene rings is 2. The van der Waals surface area contributed by atoms with Crippen LogP contribution in [0.2, 0.25) is 0 Å². The van der Waals surface area contributed by atoms with Crippen LogP contribution in [0.15, 0.2) is 48.7 Å². The van der Waals surface area contributed by atoms with Crippen LogP contribution < -0.4 is 20.1 Å². The number of amides is 1. The number of fused-ring (bicyclic) bond motifs is 1. The van der Waals surface area contributed by atoms with Crippen molar-refractivity contribution in [2.75, 3.05) is 24.0 Å². The highest BCUT2D eigenvalue weighted by atomic mass is 16.7. The lowest BCUT2D eigenvalue weighted by atomic mass is 10.2. The third kappa shape index (κ3) is 4.77. The van der Waals surface area contributed by atoms with E-state index in [1.807, 2.05) is 18.2 Å². The van der Waals surface area contributed by atoms with Gasteiger partial charge in [-0.2, -0.15) is 0 Å². The molecule has 164 valence electrons. The summed E-state index contributed by atoms with van der Waals surface area (Å²) < 4.78 is 15.6. The molecular weight excluding hydrogens is 412 g/mol. The first-order chi connectivity index (χ1) is 15.5. The molecule has 3 aromatic rings. The molecule has 1 amide bonds. The topological polar surface area (TPSA) is 112 Å². The summed E-state index contributed by atoms with van der Waals surface area (Å²) in [6.07, 6.45) is 1.48. The van der Waals surface area contributed by atoms with Crippen LogP contribution >= 0.6 is 0 Å². The highest BCUT2D eigenvalue weighted by Crippen LogP contribution is 2.32. The quantitative estimate of drug-likeness (QED) is 0.543. The molecule has 0 radical (unpaired) electrons. The van der Waals surface area contributed by atoms with Gasteiger partial charge in [0.2, 0.25) is 12.7 Å². The summed E-state index contributed by atoms with van der Waals surface area (Å²) in [5.41, 5.74) is 2.85. The Hall–Kier alpha value is -4.14. The zero-order chi connectivity index (χ0) is 22.5. The Morgan fingerprint density at radius 2 is 1.88 bits per heavy atom. The van der Waals surface area contributed by atoms with Crippen molar-refractivity contribution in [2.24, 2.45) is 0 Å². The fourth-order valence-electron chi connectivity index (χ4n) is 3.11. The first-order valence-corrected chi connectivity index (χ1v) is 10.1. The number of hydrogen-bond donors (Lipinski definition) is 2. The van der Waals surface area contributed by atoms with E-state index in [1.165, 1.54) is 6.20 Å². The first kappa shape index (κ1) is 21.1. The van der Waals surface area contributed by atoms with E-state index in [1.54, 1.807) is 38.1 Å². The predicted molar refractivity (Wildman–Crippen MR) is 117 cm³/mol. The fourth-order valence-corrected chi connectivity index (χ4v) is 3.11. The molecule has 0 aliphatic carbocycles.